The second-order valence-electron chi connectivity index (χ2n) is 6.43. The van der Waals surface area contributed by atoms with Gasteiger partial charge >= 0.3 is 0 Å². The first-order valence-corrected chi connectivity index (χ1v) is 8.38. The molecule has 0 aliphatic heterocycles. The number of aliphatic hydroxyl groups is 1. The first-order chi connectivity index (χ1) is 10.8. The number of rotatable bonds is 7. The maximum atomic E-state index is 12.8. The summed E-state index contributed by atoms with van der Waals surface area (Å²) in [6, 6.07) is 5.74. The Balaban J connectivity index is 1.69. The number of hydrogen-bond donors (Lipinski definition) is 2. The molecule has 23 heavy (non-hydrogen) atoms. The number of halogens is 1. The maximum absolute atomic E-state index is 12.8. The summed E-state index contributed by atoms with van der Waals surface area (Å²) in [5.41, 5.74) is 0.0609. The molecule has 0 radical (unpaired) electrons. The van der Waals surface area contributed by atoms with Crippen molar-refractivity contribution in [3.05, 3.63) is 46.2 Å². The molecule has 0 bridgehead atoms. The lowest BCUT2D eigenvalue weighted by molar-refractivity contribution is 0.106. The van der Waals surface area contributed by atoms with Crippen molar-refractivity contribution < 1.29 is 14.2 Å². The van der Waals surface area contributed by atoms with Crippen LogP contribution in [-0.4, -0.2) is 29.3 Å². The summed E-state index contributed by atoms with van der Waals surface area (Å²) in [4.78, 5) is 5.57. The van der Waals surface area contributed by atoms with Gasteiger partial charge in [-0.1, -0.05) is 20.8 Å². The minimum atomic E-state index is -0.630. The van der Waals surface area contributed by atoms with Gasteiger partial charge in [-0.3, -0.25) is 0 Å². The molecule has 0 saturated heterocycles. The van der Waals surface area contributed by atoms with Crippen molar-refractivity contribution in [3.63, 3.8) is 0 Å². The second-order valence-corrected chi connectivity index (χ2v) is 7.55. The maximum Gasteiger partial charge on any atom is 0.123 e. The van der Waals surface area contributed by atoms with E-state index in [0.29, 0.717) is 18.8 Å². The molecule has 1 aromatic carbocycles. The number of aliphatic hydroxyl groups excluding tert-OH is 1. The quantitative estimate of drug-likeness (QED) is 0.814. The van der Waals surface area contributed by atoms with E-state index in [-0.39, 0.29) is 17.8 Å². The van der Waals surface area contributed by atoms with Crippen LogP contribution in [0.1, 0.15) is 30.7 Å². The highest BCUT2D eigenvalue weighted by atomic mass is 32.1. The lowest BCUT2D eigenvalue weighted by Gasteiger charge is -2.14. The number of thiazole rings is 1. The first kappa shape index (κ1) is 17.8. The van der Waals surface area contributed by atoms with E-state index in [2.05, 4.69) is 31.1 Å². The van der Waals surface area contributed by atoms with Crippen molar-refractivity contribution in [1.82, 2.24) is 10.3 Å². The molecular weight excluding hydrogens is 315 g/mol. The highest BCUT2D eigenvalue weighted by Crippen LogP contribution is 2.26. The summed E-state index contributed by atoms with van der Waals surface area (Å²) in [6.07, 6.45) is 1.25. The van der Waals surface area contributed by atoms with Crippen LogP contribution in [0, 0.1) is 5.82 Å². The molecule has 6 heteroatoms. The number of benzene rings is 1. The normalized spacial score (nSPS) is 13.1. The van der Waals surface area contributed by atoms with Crippen LogP contribution in [0.25, 0.3) is 0 Å². The van der Waals surface area contributed by atoms with Gasteiger partial charge in [-0.15, -0.1) is 11.3 Å². The Hall–Kier alpha value is -1.50. The molecule has 0 spiro atoms. The van der Waals surface area contributed by atoms with Crippen molar-refractivity contribution in [1.29, 1.82) is 0 Å². The van der Waals surface area contributed by atoms with Crippen molar-refractivity contribution in [2.45, 2.75) is 38.8 Å². The minimum Gasteiger partial charge on any atom is -0.491 e. The fourth-order valence-corrected chi connectivity index (χ4v) is 2.82. The molecule has 0 aliphatic rings. The molecule has 2 N–H and O–H groups in total. The standard InChI is InChI=1S/C17H23FN2O2S/c1-17(2,3)16-20-10-15(23-16)9-19-8-13(21)11-22-14-6-4-12(18)5-7-14/h4-7,10,13,19,21H,8-9,11H2,1-3H3. The molecule has 126 valence electrons. The van der Waals surface area contributed by atoms with E-state index >= 15 is 0 Å². The van der Waals surface area contributed by atoms with Crippen molar-refractivity contribution in [3.8, 4) is 5.75 Å². The molecule has 4 nitrogen and oxygen atoms in total. The van der Waals surface area contributed by atoms with Crippen molar-refractivity contribution in [2.75, 3.05) is 13.2 Å². The van der Waals surface area contributed by atoms with E-state index in [1.54, 1.807) is 23.5 Å². The zero-order valence-corrected chi connectivity index (χ0v) is 14.5. The topological polar surface area (TPSA) is 54.4 Å². The van der Waals surface area contributed by atoms with Crippen LogP contribution in [0.15, 0.2) is 30.5 Å². The highest BCUT2D eigenvalue weighted by Gasteiger charge is 2.17. The third-order valence-electron chi connectivity index (χ3n) is 3.13. The third-order valence-corrected chi connectivity index (χ3v) is 4.55. The van der Waals surface area contributed by atoms with Gasteiger partial charge in [0.25, 0.3) is 0 Å². The van der Waals surface area contributed by atoms with E-state index in [1.807, 2.05) is 6.20 Å². The summed E-state index contributed by atoms with van der Waals surface area (Å²) in [5, 5.41) is 14.2. The molecule has 0 aliphatic carbocycles. The van der Waals surface area contributed by atoms with Gasteiger partial charge in [0.15, 0.2) is 0 Å². The predicted molar refractivity (Wildman–Crippen MR) is 90.4 cm³/mol. The summed E-state index contributed by atoms with van der Waals surface area (Å²) >= 11 is 1.68. The summed E-state index contributed by atoms with van der Waals surface area (Å²) < 4.78 is 18.2. The van der Waals surface area contributed by atoms with E-state index < -0.39 is 6.10 Å². The molecule has 1 atom stereocenters. The van der Waals surface area contributed by atoms with Crippen molar-refractivity contribution in [2.24, 2.45) is 0 Å². The number of ether oxygens (including phenoxy) is 1. The van der Waals surface area contributed by atoms with E-state index in [9.17, 15) is 9.50 Å². The van der Waals surface area contributed by atoms with E-state index in [4.69, 9.17) is 4.74 Å². The molecule has 1 aromatic heterocycles. The second kappa shape index (κ2) is 7.86. The van der Waals surface area contributed by atoms with Gasteiger partial charge in [-0.25, -0.2) is 9.37 Å². The number of aromatic nitrogens is 1. The molecule has 0 fully saturated rings. The van der Waals surface area contributed by atoms with Crippen LogP contribution in [0.3, 0.4) is 0 Å². The predicted octanol–water partition coefficient (Wildman–Crippen LogP) is 3.11. The van der Waals surface area contributed by atoms with Crippen LogP contribution in [0.4, 0.5) is 4.39 Å². The van der Waals surface area contributed by atoms with Crippen LogP contribution >= 0.6 is 11.3 Å². The van der Waals surface area contributed by atoms with Crippen LogP contribution in [-0.2, 0) is 12.0 Å². The summed E-state index contributed by atoms with van der Waals surface area (Å²) in [7, 11) is 0. The zero-order valence-electron chi connectivity index (χ0n) is 13.7. The Kier molecular flexibility index (Phi) is 6.10. The van der Waals surface area contributed by atoms with Gasteiger partial charge in [0.2, 0.25) is 0 Å². The molecule has 1 heterocycles. The Morgan fingerprint density at radius 3 is 2.61 bits per heavy atom. The highest BCUT2D eigenvalue weighted by molar-refractivity contribution is 7.11. The number of hydrogen-bond acceptors (Lipinski definition) is 5. The molecule has 2 aromatic rings. The first-order valence-electron chi connectivity index (χ1n) is 7.57. The molecule has 2 rings (SSSR count). The molecular formula is C17H23FN2O2S. The fourth-order valence-electron chi connectivity index (χ4n) is 1.88. The van der Waals surface area contributed by atoms with Gasteiger partial charge in [-0.05, 0) is 24.3 Å². The average Bonchev–Trinajstić information content (AvgIpc) is 2.96. The van der Waals surface area contributed by atoms with E-state index in [0.717, 1.165) is 9.88 Å². The van der Waals surface area contributed by atoms with Gasteiger partial charge in [0.05, 0.1) is 5.01 Å². The fraction of sp³-hybridized carbons (Fsp3) is 0.471. The third kappa shape index (κ3) is 5.89. The van der Waals surface area contributed by atoms with Crippen LogP contribution in [0.5, 0.6) is 5.75 Å². The summed E-state index contributed by atoms with van der Waals surface area (Å²) in [5.74, 6) is 0.237. The lowest BCUT2D eigenvalue weighted by Crippen LogP contribution is -2.31. The van der Waals surface area contributed by atoms with Crippen molar-refractivity contribution >= 4 is 11.3 Å². The Morgan fingerprint density at radius 2 is 2.00 bits per heavy atom. The molecule has 0 amide bonds. The lowest BCUT2D eigenvalue weighted by atomic mass is 9.98. The van der Waals surface area contributed by atoms with Gasteiger partial charge in [-0.2, -0.15) is 0 Å². The van der Waals surface area contributed by atoms with Gasteiger partial charge < -0.3 is 15.2 Å². The Bertz CT molecular complexity index is 608. The molecule has 0 saturated carbocycles. The Morgan fingerprint density at radius 1 is 1.30 bits per heavy atom. The average molecular weight is 338 g/mol. The zero-order chi connectivity index (χ0) is 16.9. The number of nitrogens with zero attached hydrogens (tertiary/aromatic N) is 1. The smallest absolute Gasteiger partial charge is 0.123 e. The largest absolute Gasteiger partial charge is 0.491 e. The summed E-state index contributed by atoms with van der Waals surface area (Å²) in [6.45, 7) is 7.67. The van der Waals surface area contributed by atoms with Gasteiger partial charge in [0.1, 0.15) is 24.3 Å². The van der Waals surface area contributed by atoms with Crippen LogP contribution in [0.2, 0.25) is 0 Å². The van der Waals surface area contributed by atoms with Gasteiger partial charge in [0, 0.05) is 29.6 Å². The minimum absolute atomic E-state index is 0.0609. The van der Waals surface area contributed by atoms with Crippen LogP contribution < -0.4 is 10.1 Å². The Labute approximate surface area is 140 Å². The molecule has 1 unspecified atom stereocenters. The van der Waals surface area contributed by atoms with E-state index in [1.165, 1.54) is 12.1 Å². The monoisotopic (exact) mass is 338 g/mol. The number of nitrogens with one attached hydrogen (secondary N) is 1. The SMILES string of the molecule is CC(C)(C)c1ncc(CNCC(O)COc2ccc(F)cc2)s1.